The van der Waals surface area contributed by atoms with E-state index >= 15 is 0 Å². The molecule has 1 aromatic carbocycles. The molecule has 2 N–H and O–H groups in total. The van der Waals surface area contributed by atoms with Crippen LogP contribution in [0.25, 0.3) is 0 Å². The molecule has 2 rings (SSSR count). The average molecular weight is 332 g/mol. The Kier molecular flexibility index (Phi) is 4.94. The Bertz CT molecular complexity index is 688. The molecule has 21 heavy (non-hydrogen) atoms. The molecular weight excluding hydrogens is 318 g/mol. The summed E-state index contributed by atoms with van der Waals surface area (Å²) < 4.78 is 26.8. The number of nitrogens with zero attached hydrogens (tertiary/aromatic N) is 1. The molecule has 0 unspecified atom stereocenters. The van der Waals surface area contributed by atoms with Crippen LogP contribution in [0.4, 0.5) is 5.69 Å². The lowest BCUT2D eigenvalue weighted by Gasteiger charge is -2.15. The quantitative estimate of drug-likeness (QED) is 0.483. The van der Waals surface area contributed by atoms with Crippen molar-refractivity contribution in [3.63, 3.8) is 0 Å². The van der Waals surface area contributed by atoms with Crippen molar-refractivity contribution in [1.29, 1.82) is 0 Å². The normalized spacial score (nSPS) is 15.6. The van der Waals surface area contributed by atoms with Gasteiger partial charge in [-0.15, -0.1) is 0 Å². The van der Waals surface area contributed by atoms with Crippen molar-refractivity contribution < 1.29 is 13.3 Å². The summed E-state index contributed by atoms with van der Waals surface area (Å²) in [4.78, 5) is 9.82. The first-order valence-electron chi connectivity index (χ1n) is 6.22. The zero-order valence-corrected chi connectivity index (χ0v) is 12.6. The van der Waals surface area contributed by atoms with Crippen LogP contribution in [0.5, 0.6) is 0 Å². The number of rotatable bonds is 5. The smallest absolute Gasteiger partial charge is 0.271 e. The first-order chi connectivity index (χ1) is 9.90. The summed E-state index contributed by atoms with van der Waals surface area (Å²) in [7, 11) is -3.80. The lowest BCUT2D eigenvalue weighted by molar-refractivity contribution is -0.384. The van der Waals surface area contributed by atoms with Gasteiger partial charge in [0.15, 0.2) is 0 Å². The molecule has 1 aliphatic heterocycles. The number of benzene rings is 1. The van der Waals surface area contributed by atoms with E-state index in [0.29, 0.717) is 0 Å². The van der Waals surface area contributed by atoms with Crippen LogP contribution >= 0.6 is 11.6 Å². The molecule has 0 saturated heterocycles. The van der Waals surface area contributed by atoms with E-state index in [1.807, 2.05) is 6.08 Å². The van der Waals surface area contributed by atoms with Crippen molar-refractivity contribution >= 4 is 27.3 Å². The van der Waals surface area contributed by atoms with Crippen molar-refractivity contribution in [1.82, 2.24) is 10.0 Å². The van der Waals surface area contributed by atoms with Gasteiger partial charge in [-0.25, -0.2) is 13.1 Å². The van der Waals surface area contributed by atoms with Crippen LogP contribution in [-0.2, 0) is 10.0 Å². The van der Waals surface area contributed by atoms with Gasteiger partial charge in [-0.05, 0) is 19.0 Å². The van der Waals surface area contributed by atoms with E-state index in [0.717, 1.165) is 43.3 Å². The maximum absolute atomic E-state index is 12.2. The molecule has 0 radical (unpaired) electrons. The zero-order chi connectivity index (χ0) is 15.5. The number of halogens is 1. The Morgan fingerprint density at radius 3 is 2.76 bits per heavy atom. The first-order valence-corrected chi connectivity index (χ1v) is 8.08. The highest BCUT2D eigenvalue weighted by molar-refractivity contribution is 7.89. The van der Waals surface area contributed by atoms with Crippen LogP contribution in [0.1, 0.15) is 6.42 Å². The van der Waals surface area contributed by atoms with E-state index < -0.39 is 14.9 Å². The molecular formula is C12H14ClN3O4S. The Balaban J connectivity index is 2.15. The lowest BCUT2D eigenvalue weighted by atomic mass is 10.1. The fourth-order valence-corrected chi connectivity index (χ4v) is 3.49. The standard InChI is InChI=1S/C12H14ClN3O4S/c13-11-7-10(16(17)18)1-2-12(11)21(19,20)15-8-9-3-5-14-6-4-9/h1-3,7,14-15H,4-6,8H2. The Morgan fingerprint density at radius 2 is 2.19 bits per heavy atom. The Morgan fingerprint density at radius 1 is 1.43 bits per heavy atom. The number of nitro benzene ring substituents is 1. The van der Waals surface area contributed by atoms with Gasteiger partial charge >= 0.3 is 0 Å². The van der Waals surface area contributed by atoms with Crippen molar-refractivity contribution in [2.24, 2.45) is 0 Å². The Labute approximate surface area is 127 Å². The van der Waals surface area contributed by atoms with Crippen molar-refractivity contribution in [2.45, 2.75) is 11.3 Å². The number of hydrogen-bond donors (Lipinski definition) is 2. The highest BCUT2D eigenvalue weighted by Gasteiger charge is 2.20. The van der Waals surface area contributed by atoms with E-state index in [4.69, 9.17) is 11.6 Å². The van der Waals surface area contributed by atoms with E-state index in [1.165, 1.54) is 0 Å². The third-order valence-corrected chi connectivity index (χ3v) is 4.95. The summed E-state index contributed by atoms with van der Waals surface area (Å²) in [5.41, 5.74) is 0.746. The summed E-state index contributed by atoms with van der Waals surface area (Å²) in [5, 5.41) is 13.6. The second-order valence-electron chi connectivity index (χ2n) is 4.51. The van der Waals surface area contributed by atoms with Gasteiger partial charge in [0, 0.05) is 25.2 Å². The highest BCUT2D eigenvalue weighted by Crippen LogP contribution is 2.26. The van der Waals surface area contributed by atoms with E-state index in [2.05, 4.69) is 10.0 Å². The number of sulfonamides is 1. The minimum Gasteiger partial charge on any atom is -0.313 e. The summed E-state index contributed by atoms with van der Waals surface area (Å²) in [6, 6.07) is 3.28. The van der Waals surface area contributed by atoms with Crippen molar-refractivity contribution in [3.05, 3.63) is 45.0 Å². The molecule has 0 saturated carbocycles. The lowest BCUT2D eigenvalue weighted by Crippen LogP contribution is -2.29. The SMILES string of the molecule is O=[N+]([O-])c1ccc(S(=O)(=O)NCC2=CCNCC2)c(Cl)c1. The molecule has 0 bridgehead atoms. The van der Waals surface area contributed by atoms with Gasteiger partial charge in [0.05, 0.1) is 9.95 Å². The predicted octanol–water partition coefficient (Wildman–Crippen LogP) is 1.45. The van der Waals surface area contributed by atoms with Gasteiger partial charge in [0.1, 0.15) is 4.90 Å². The number of nitro groups is 1. The molecule has 1 aromatic rings. The maximum atomic E-state index is 12.2. The topological polar surface area (TPSA) is 101 Å². The van der Waals surface area contributed by atoms with E-state index in [1.54, 1.807) is 0 Å². The number of nitrogens with one attached hydrogen (secondary N) is 2. The number of hydrogen-bond acceptors (Lipinski definition) is 5. The number of non-ortho nitro benzene ring substituents is 1. The monoisotopic (exact) mass is 331 g/mol. The maximum Gasteiger partial charge on any atom is 0.271 e. The molecule has 7 nitrogen and oxygen atoms in total. The van der Waals surface area contributed by atoms with Crippen molar-refractivity contribution in [3.8, 4) is 0 Å². The first kappa shape index (κ1) is 15.9. The van der Waals surface area contributed by atoms with Gasteiger partial charge in [-0.1, -0.05) is 23.3 Å². The van der Waals surface area contributed by atoms with Crippen LogP contribution < -0.4 is 10.0 Å². The van der Waals surface area contributed by atoms with Gasteiger partial charge in [-0.2, -0.15) is 0 Å². The molecule has 1 aliphatic rings. The van der Waals surface area contributed by atoms with Crippen molar-refractivity contribution in [2.75, 3.05) is 19.6 Å². The summed E-state index contributed by atoms with van der Waals surface area (Å²) in [6.45, 7) is 1.73. The summed E-state index contributed by atoms with van der Waals surface area (Å²) >= 11 is 5.83. The predicted molar refractivity (Wildman–Crippen MR) is 78.9 cm³/mol. The molecule has 1 heterocycles. The van der Waals surface area contributed by atoms with E-state index in [9.17, 15) is 18.5 Å². The van der Waals surface area contributed by atoms with E-state index in [-0.39, 0.29) is 22.2 Å². The third-order valence-electron chi connectivity index (χ3n) is 3.06. The van der Waals surface area contributed by atoms with Gasteiger partial charge in [0.2, 0.25) is 10.0 Å². The molecule has 0 aliphatic carbocycles. The molecule has 114 valence electrons. The largest absolute Gasteiger partial charge is 0.313 e. The second-order valence-corrected chi connectivity index (χ2v) is 6.66. The fourth-order valence-electron chi connectivity index (χ4n) is 1.92. The third kappa shape index (κ3) is 4.01. The van der Waals surface area contributed by atoms with Gasteiger partial charge in [0.25, 0.3) is 5.69 Å². The van der Waals surface area contributed by atoms with Gasteiger partial charge in [-0.3, -0.25) is 10.1 Å². The van der Waals surface area contributed by atoms with Crippen LogP contribution in [0.2, 0.25) is 5.02 Å². The van der Waals surface area contributed by atoms with Crippen LogP contribution in [-0.4, -0.2) is 33.0 Å². The summed E-state index contributed by atoms with van der Waals surface area (Å²) in [6.07, 6.45) is 2.71. The second kappa shape index (κ2) is 6.52. The molecule has 0 fully saturated rings. The summed E-state index contributed by atoms with van der Waals surface area (Å²) in [5.74, 6) is 0. The van der Waals surface area contributed by atoms with Crippen LogP contribution in [0.15, 0.2) is 34.7 Å². The Hall–Kier alpha value is -1.48. The molecule has 0 amide bonds. The highest BCUT2D eigenvalue weighted by atomic mass is 35.5. The van der Waals surface area contributed by atoms with Crippen LogP contribution in [0.3, 0.4) is 0 Å². The molecule has 0 atom stereocenters. The average Bonchev–Trinajstić information content (AvgIpc) is 2.46. The van der Waals surface area contributed by atoms with Crippen LogP contribution in [0, 0.1) is 10.1 Å². The van der Waals surface area contributed by atoms with Gasteiger partial charge < -0.3 is 5.32 Å². The molecule has 0 aromatic heterocycles. The molecule has 9 heteroatoms. The zero-order valence-electron chi connectivity index (χ0n) is 11.0. The minimum absolute atomic E-state index is 0.163. The molecule has 0 spiro atoms. The fraction of sp³-hybridized carbons (Fsp3) is 0.333. The minimum atomic E-state index is -3.80.